The van der Waals surface area contributed by atoms with Crippen LogP contribution in [0.5, 0.6) is 5.75 Å². The first kappa shape index (κ1) is 16.5. The molecule has 0 spiro atoms. The smallest absolute Gasteiger partial charge is 0.140 e. The second kappa shape index (κ2) is 6.46. The molecular formula is C16H21BrN2OS. The lowest BCUT2D eigenvalue weighted by atomic mass is 9.93. The average Bonchev–Trinajstić information content (AvgIpc) is 2.85. The predicted octanol–water partition coefficient (Wildman–Crippen LogP) is 4.80. The number of nitrogens with two attached hydrogens (primary N) is 1. The fourth-order valence-electron chi connectivity index (χ4n) is 1.87. The number of rotatable bonds is 4. The van der Waals surface area contributed by atoms with Gasteiger partial charge in [-0.05, 0) is 25.1 Å². The molecule has 0 aliphatic carbocycles. The van der Waals surface area contributed by atoms with Gasteiger partial charge in [-0.3, -0.25) is 0 Å². The molecule has 1 atom stereocenters. The number of thiazole rings is 1. The lowest BCUT2D eigenvalue weighted by Gasteiger charge is -2.15. The highest BCUT2D eigenvalue weighted by Crippen LogP contribution is 2.29. The minimum Gasteiger partial charge on any atom is -0.486 e. The van der Waals surface area contributed by atoms with Crippen molar-refractivity contribution in [1.82, 2.24) is 4.98 Å². The van der Waals surface area contributed by atoms with Gasteiger partial charge in [-0.1, -0.05) is 36.7 Å². The van der Waals surface area contributed by atoms with Crippen LogP contribution in [0.4, 0.5) is 0 Å². The topological polar surface area (TPSA) is 48.1 Å². The van der Waals surface area contributed by atoms with E-state index < -0.39 is 0 Å². The van der Waals surface area contributed by atoms with Gasteiger partial charge in [0.2, 0.25) is 0 Å². The van der Waals surface area contributed by atoms with Crippen molar-refractivity contribution in [2.24, 2.45) is 5.73 Å². The van der Waals surface area contributed by atoms with E-state index in [-0.39, 0.29) is 11.5 Å². The maximum atomic E-state index is 6.00. The standard InChI is InChI=1S/C16H21BrN2OS/c1-10(18)12-7-11(17)5-6-13(12)20-8-15-19-14(9-21-15)16(2,3)4/h5-7,9-10H,8,18H2,1-4H3. The number of hydrogen-bond acceptors (Lipinski definition) is 4. The van der Waals surface area contributed by atoms with Crippen LogP contribution in [0.1, 0.15) is 50.0 Å². The molecule has 3 nitrogen and oxygen atoms in total. The first-order chi connectivity index (χ1) is 9.77. The van der Waals surface area contributed by atoms with Crippen molar-refractivity contribution >= 4 is 27.3 Å². The van der Waals surface area contributed by atoms with Gasteiger partial charge in [-0.15, -0.1) is 11.3 Å². The molecule has 0 bridgehead atoms. The molecule has 5 heteroatoms. The number of benzene rings is 1. The van der Waals surface area contributed by atoms with E-state index in [9.17, 15) is 0 Å². The zero-order valence-electron chi connectivity index (χ0n) is 12.8. The van der Waals surface area contributed by atoms with Crippen molar-refractivity contribution in [3.05, 3.63) is 44.3 Å². The Labute approximate surface area is 138 Å². The summed E-state index contributed by atoms with van der Waals surface area (Å²) in [7, 11) is 0. The third-order valence-electron chi connectivity index (χ3n) is 3.13. The number of halogens is 1. The highest BCUT2D eigenvalue weighted by atomic mass is 79.9. The first-order valence-corrected chi connectivity index (χ1v) is 8.57. The molecule has 0 aliphatic heterocycles. The van der Waals surface area contributed by atoms with Crippen molar-refractivity contribution in [3.63, 3.8) is 0 Å². The maximum Gasteiger partial charge on any atom is 0.140 e. The van der Waals surface area contributed by atoms with Crippen LogP contribution in [0, 0.1) is 0 Å². The summed E-state index contributed by atoms with van der Waals surface area (Å²) in [6.45, 7) is 8.92. The van der Waals surface area contributed by atoms with Crippen LogP contribution in [0.3, 0.4) is 0 Å². The summed E-state index contributed by atoms with van der Waals surface area (Å²) in [5.41, 5.74) is 8.18. The van der Waals surface area contributed by atoms with E-state index in [0.717, 1.165) is 26.5 Å². The van der Waals surface area contributed by atoms with Crippen LogP contribution >= 0.6 is 27.3 Å². The van der Waals surface area contributed by atoms with Crippen LogP contribution in [0.25, 0.3) is 0 Å². The van der Waals surface area contributed by atoms with E-state index in [4.69, 9.17) is 10.5 Å². The van der Waals surface area contributed by atoms with Crippen molar-refractivity contribution in [2.75, 3.05) is 0 Å². The van der Waals surface area contributed by atoms with Gasteiger partial charge >= 0.3 is 0 Å². The molecule has 0 amide bonds. The molecule has 2 aromatic rings. The Balaban J connectivity index is 2.12. The Morgan fingerprint density at radius 1 is 1.38 bits per heavy atom. The van der Waals surface area contributed by atoms with Gasteiger partial charge in [0.1, 0.15) is 17.4 Å². The lowest BCUT2D eigenvalue weighted by molar-refractivity contribution is 0.300. The minimum atomic E-state index is -0.0704. The summed E-state index contributed by atoms with van der Waals surface area (Å²) in [5.74, 6) is 0.820. The minimum absolute atomic E-state index is 0.0704. The second-order valence-corrected chi connectivity index (χ2v) is 7.99. The molecule has 2 N–H and O–H groups in total. The van der Waals surface area contributed by atoms with E-state index in [1.54, 1.807) is 11.3 Å². The Morgan fingerprint density at radius 2 is 2.10 bits per heavy atom. The van der Waals surface area contributed by atoms with Crippen LogP contribution in [0.15, 0.2) is 28.1 Å². The molecule has 1 aromatic heterocycles. The third kappa shape index (κ3) is 4.28. The summed E-state index contributed by atoms with van der Waals surface area (Å²) in [5, 5.41) is 3.09. The Kier molecular flexibility index (Phi) is 5.07. The Bertz CT molecular complexity index is 617. The molecule has 0 radical (unpaired) electrons. The quantitative estimate of drug-likeness (QED) is 0.842. The Morgan fingerprint density at radius 3 is 2.67 bits per heavy atom. The molecule has 1 aromatic carbocycles. The summed E-state index contributed by atoms with van der Waals surface area (Å²) in [6.07, 6.45) is 0. The molecule has 0 fully saturated rings. The Hall–Kier alpha value is -0.910. The van der Waals surface area contributed by atoms with Crippen molar-refractivity contribution < 1.29 is 4.74 Å². The van der Waals surface area contributed by atoms with Crippen molar-refractivity contribution in [2.45, 2.75) is 45.8 Å². The molecule has 2 rings (SSSR count). The van der Waals surface area contributed by atoms with Gasteiger partial charge < -0.3 is 10.5 Å². The average molecular weight is 369 g/mol. The molecule has 21 heavy (non-hydrogen) atoms. The molecule has 1 heterocycles. The van der Waals surface area contributed by atoms with Gasteiger partial charge in [0.15, 0.2) is 0 Å². The molecule has 0 saturated carbocycles. The number of hydrogen-bond donors (Lipinski definition) is 1. The van der Waals surface area contributed by atoms with E-state index >= 15 is 0 Å². The van der Waals surface area contributed by atoms with Gasteiger partial charge in [-0.25, -0.2) is 4.98 Å². The van der Waals surface area contributed by atoms with Crippen molar-refractivity contribution in [3.8, 4) is 5.75 Å². The second-order valence-electron chi connectivity index (χ2n) is 6.14. The molecular weight excluding hydrogens is 348 g/mol. The molecule has 0 aliphatic rings. The zero-order valence-corrected chi connectivity index (χ0v) is 15.2. The van der Waals surface area contributed by atoms with Gasteiger partial charge in [0.05, 0.1) is 5.69 Å². The summed E-state index contributed by atoms with van der Waals surface area (Å²) in [6, 6.07) is 5.84. The van der Waals surface area contributed by atoms with E-state index in [0.29, 0.717) is 6.61 Å². The fraction of sp³-hybridized carbons (Fsp3) is 0.438. The summed E-state index contributed by atoms with van der Waals surface area (Å²) in [4.78, 5) is 4.64. The highest BCUT2D eigenvalue weighted by molar-refractivity contribution is 9.10. The number of aromatic nitrogens is 1. The van der Waals surface area contributed by atoms with Gasteiger partial charge in [0, 0.05) is 26.9 Å². The highest BCUT2D eigenvalue weighted by Gasteiger charge is 2.18. The van der Waals surface area contributed by atoms with E-state index in [1.165, 1.54) is 0 Å². The van der Waals surface area contributed by atoms with Crippen molar-refractivity contribution in [1.29, 1.82) is 0 Å². The molecule has 114 valence electrons. The first-order valence-electron chi connectivity index (χ1n) is 6.90. The number of nitrogens with zero attached hydrogens (tertiary/aromatic N) is 1. The van der Waals surface area contributed by atoms with Crippen LogP contribution in [0.2, 0.25) is 0 Å². The SMILES string of the molecule is CC(N)c1cc(Br)ccc1OCc1nc(C(C)(C)C)cs1. The van der Waals surface area contributed by atoms with Crippen LogP contribution < -0.4 is 10.5 Å². The molecule has 1 unspecified atom stereocenters. The number of ether oxygens (including phenoxy) is 1. The van der Waals surface area contributed by atoms with Crippen LogP contribution in [-0.4, -0.2) is 4.98 Å². The summed E-state index contributed by atoms with van der Waals surface area (Å²) < 4.78 is 6.92. The lowest BCUT2D eigenvalue weighted by Crippen LogP contribution is -2.12. The van der Waals surface area contributed by atoms with E-state index in [1.807, 2.05) is 25.1 Å². The van der Waals surface area contributed by atoms with E-state index in [2.05, 4.69) is 47.1 Å². The van der Waals surface area contributed by atoms with Gasteiger partial charge in [-0.2, -0.15) is 0 Å². The zero-order chi connectivity index (χ0) is 15.6. The normalized spacial score (nSPS) is 13.2. The largest absolute Gasteiger partial charge is 0.486 e. The molecule has 0 saturated heterocycles. The van der Waals surface area contributed by atoms with Gasteiger partial charge in [0.25, 0.3) is 0 Å². The predicted molar refractivity (Wildman–Crippen MR) is 91.9 cm³/mol. The summed E-state index contributed by atoms with van der Waals surface area (Å²) >= 11 is 5.10. The fourth-order valence-corrected chi connectivity index (χ4v) is 3.18. The van der Waals surface area contributed by atoms with Crippen LogP contribution in [-0.2, 0) is 12.0 Å². The monoisotopic (exact) mass is 368 g/mol. The third-order valence-corrected chi connectivity index (χ3v) is 4.45. The maximum absolute atomic E-state index is 6.00.